The molecule has 0 radical (unpaired) electrons. The molecule has 0 saturated heterocycles. The maximum Gasteiger partial charge on any atom is 0.232 e. The molecule has 2 rings (SSSR count). The normalized spacial score (nSPS) is 15.4. The molecule has 0 atom stereocenters. The molecular formula is C12H18N2O3S. The molecule has 6 heteroatoms. The van der Waals surface area contributed by atoms with E-state index in [1.165, 1.54) is 0 Å². The summed E-state index contributed by atoms with van der Waals surface area (Å²) in [6.45, 7) is 0.905. The van der Waals surface area contributed by atoms with Crippen LogP contribution in [0.25, 0.3) is 0 Å². The predicted molar refractivity (Wildman–Crippen MR) is 71.1 cm³/mol. The van der Waals surface area contributed by atoms with Gasteiger partial charge in [-0.25, -0.2) is 8.42 Å². The summed E-state index contributed by atoms with van der Waals surface area (Å²) >= 11 is 0. The van der Waals surface area contributed by atoms with Gasteiger partial charge in [0.05, 0.1) is 5.75 Å². The van der Waals surface area contributed by atoms with Crippen molar-refractivity contribution in [3.05, 3.63) is 24.3 Å². The van der Waals surface area contributed by atoms with Gasteiger partial charge in [-0.1, -0.05) is 0 Å². The molecular weight excluding hydrogens is 252 g/mol. The van der Waals surface area contributed by atoms with E-state index < -0.39 is 10.0 Å². The number of rotatable bonds is 7. The van der Waals surface area contributed by atoms with E-state index in [0.29, 0.717) is 30.5 Å². The molecule has 1 aliphatic rings. The van der Waals surface area contributed by atoms with Gasteiger partial charge in [0.1, 0.15) is 12.4 Å². The first-order valence-corrected chi connectivity index (χ1v) is 7.68. The van der Waals surface area contributed by atoms with Gasteiger partial charge in [-0.15, -0.1) is 0 Å². The molecule has 0 amide bonds. The highest BCUT2D eigenvalue weighted by Gasteiger charge is 2.27. The summed E-state index contributed by atoms with van der Waals surface area (Å²) in [6, 6.07) is 6.84. The molecule has 0 spiro atoms. The molecule has 100 valence electrons. The molecule has 0 bridgehead atoms. The van der Waals surface area contributed by atoms with Crippen LogP contribution in [-0.2, 0) is 10.0 Å². The lowest BCUT2D eigenvalue weighted by molar-refractivity contribution is 0.328. The average Bonchev–Trinajstić information content (AvgIpc) is 3.11. The zero-order valence-corrected chi connectivity index (χ0v) is 10.9. The molecule has 0 aliphatic heterocycles. The topological polar surface area (TPSA) is 81.4 Å². The Morgan fingerprint density at radius 1 is 1.28 bits per heavy atom. The SMILES string of the molecule is NCCOc1ccc(NS(=O)(=O)CC2CC2)cc1. The predicted octanol–water partition coefficient (Wildman–Crippen LogP) is 1.18. The van der Waals surface area contributed by atoms with Crippen LogP contribution in [0.4, 0.5) is 5.69 Å². The fraction of sp³-hybridized carbons (Fsp3) is 0.500. The lowest BCUT2D eigenvalue weighted by Crippen LogP contribution is -2.17. The smallest absolute Gasteiger partial charge is 0.232 e. The lowest BCUT2D eigenvalue weighted by atomic mass is 10.3. The van der Waals surface area contributed by atoms with E-state index in [9.17, 15) is 8.42 Å². The number of benzene rings is 1. The van der Waals surface area contributed by atoms with Gasteiger partial charge in [-0.05, 0) is 43.0 Å². The minimum atomic E-state index is -3.21. The van der Waals surface area contributed by atoms with Crippen LogP contribution in [0.3, 0.4) is 0 Å². The molecule has 3 N–H and O–H groups in total. The van der Waals surface area contributed by atoms with Crippen LogP contribution < -0.4 is 15.2 Å². The van der Waals surface area contributed by atoms with E-state index in [-0.39, 0.29) is 5.75 Å². The highest BCUT2D eigenvalue weighted by Crippen LogP contribution is 2.30. The van der Waals surface area contributed by atoms with Crippen molar-refractivity contribution in [2.45, 2.75) is 12.8 Å². The van der Waals surface area contributed by atoms with Crippen LogP contribution in [0.5, 0.6) is 5.75 Å². The van der Waals surface area contributed by atoms with Crippen molar-refractivity contribution >= 4 is 15.7 Å². The quantitative estimate of drug-likeness (QED) is 0.779. The first-order chi connectivity index (χ1) is 8.59. The maximum absolute atomic E-state index is 11.7. The number of anilines is 1. The number of hydrogen-bond acceptors (Lipinski definition) is 4. The second kappa shape index (κ2) is 5.58. The van der Waals surface area contributed by atoms with Gasteiger partial charge < -0.3 is 10.5 Å². The van der Waals surface area contributed by atoms with E-state index in [1.807, 2.05) is 0 Å². The van der Waals surface area contributed by atoms with Crippen LogP contribution in [-0.4, -0.2) is 27.3 Å². The van der Waals surface area contributed by atoms with E-state index in [4.69, 9.17) is 10.5 Å². The highest BCUT2D eigenvalue weighted by molar-refractivity contribution is 7.92. The fourth-order valence-corrected chi connectivity index (χ4v) is 3.14. The number of ether oxygens (including phenoxy) is 1. The number of nitrogens with one attached hydrogen (secondary N) is 1. The van der Waals surface area contributed by atoms with Crippen LogP contribution in [0, 0.1) is 5.92 Å². The molecule has 0 aromatic heterocycles. The second-order valence-electron chi connectivity index (χ2n) is 4.49. The Balaban J connectivity index is 1.92. The summed E-state index contributed by atoms with van der Waals surface area (Å²) in [5, 5.41) is 0. The highest BCUT2D eigenvalue weighted by atomic mass is 32.2. The van der Waals surface area contributed by atoms with E-state index in [2.05, 4.69) is 4.72 Å². The van der Waals surface area contributed by atoms with Crippen molar-refractivity contribution in [2.24, 2.45) is 11.7 Å². The third-order valence-electron chi connectivity index (χ3n) is 2.67. The van der Waals surface area contributed by atoms with Crippen LogP contribution >= 0.6 is 0 Å². The Bertz CT molecular complexity index is 481. The zero-order chi connectivity index (χ0) is 13.0. The largest absolute Gasteiger partial charge is 0.492 e. The molecule has 1 aromatic carbocycles. The summed E-state index contributed by atoms with van der Waals surface area (Å²) in [5.41, 5.74) is 5.89. The Hall–Kier alpha value is -1.27. The van der Waals surface area contributed by atoms with Crippen molar-refractivity contribution in [1.82, 2.24) is 0 Å². The van der Waals surface area contributed by atoms with Gasteiger partial charge in [0.25, 0.3) is 0 Å². The number of hydrogen-bond donors (Lipinski definition) is 2. The molecule has 1 aromatic rings. The maximum atomic E-state index is 11.7. The third-order valence-corrected chi connectivity index (χ3v) is 4.12. The van der Waals surface area contributed by atoms with Gasteiger partial charge in [-0.2, -0.15) is 0 Å². The Kier molecular flexibility index (Phi) is 4.08. The van der Waals surface area contributed by atoms with Gasteiger partial charge in [-0.3, -0.25) is 4.72 Å². The van der Waals surface area contributed by atoms with Crippen molar-refractivity contribution < 1.29 is 13.2 Å². The minimum Gasteiger partial charge on any atom is -0.492 e. The molecule has 18 heavy (non-hydrogen) atoms. The summed E-state index contributed by atoms with van der Waals surface area (Å²) < 4.78 is 31.4. The van der Waals surface area contributed by atoms with Crippen LogP contribution in [0.2, 0.25) is 0 Å². The van der Waals surface area contributed by atoms with Crippen molar-refractivity contribution in [1.29, 1.82) is 0 Å². The van der Waals surface area contributed by atoms with Gasteiger partial charge in [0, 0.05) is 12.2 Å². The molecule has 0 heterocycles. The van der Waals surface area contributed by atoms with Crippen molar-refractivity contribution in [2.75, 3.05) is 23.6 Å². The molecule has 0 unspecified atom stereocenters. The fourth-order valence-electron chi connectivity index (χ4n) is 1.61. The van der Waals surface area contributed by atoms with Gasteiger partial charge in [0.2, 0.25) is 10.0 Å². The Morgan fingerprint density at radius 2 is 1.94 bits per heavy atom. The molecule has 1 saturated carbocycles. The summed E-state index contributed by atoms with van der Waals surface area (Å²) in [6.07, 6.45) is 2.04. The van der Waals surface area contributed by atoms with Crippen LogP contribution in [0.1, 0.15) is 12.8 Å². The van der Waals surface area contributed by atoms with Crippen LogP contribution in [0.15, 0.2) is 24.3 Å². The lowest BCUT2D eigenvalue weighted by Gasteiger charge is -2.09. The number of sulfonamides is 1. The summed E-state index contributed by atoms with van der Waals surface area (Å²) in [4.78, 5) is 0. The molecule has 1 aliphatic carbocycles. The first-order valence-electron chi connectivity index (χ1n) is 6.02. The monoisotopic (exact) mass is 270 g/mol. The Morgan fingerprint density at radius 3 is 2.50 bits per heavy atom. The van der Waals surface area contributed by atoms with Crippen molar-refractivity contribution in [3.8, 4) is 5.75 Å². The second-order valence-corrected chi connectivity index (χ2v) is 6.26. The zero-order valence-electron chi connectivity index (χ0n) is 10.1. The Labute approximate surface area is 107 Å². The minimum absolute atomic E-state index is 0.221. The third kappa shape index (κ3) is 4.19. The average molecular weight is 270 g/mol. The van der Waals surface area contributed by atoms with Gasteiger partial charge in [0.15, 0.2) is 0 Å². The number of nitrogens with two attached hydrogens (primary N) is 1. The van der Waals surface area contributed by atoms with Gasteiger partial charge >= 0.3 is 0 Å². The van der Waals surface area contributed by atoms with E-state index in [1.54, 1.807) is 24.3 Å². The van der Waals surface area contributed by atoms with E-state index in [0.717, 1.165) is 12.8 Å². The molecule has 5 nitrogen and oxygen atoms in total. The standard InChI is InChI=1S/C12H18N2O3S/c13-7-8-17-12-5-3-11(4-6-12)14-18(15,16)9-10-1-2-10/h3-6,10,14H,1-2,7-9,13H2. The summed E-state index contributed by atoms with van der Waals surface area (Å²) in [7, 11) is -3.21. The molecule has 1 fully saturated rings. The van der Waals surface area contributed by atoms with Crippen molar-refractivity contribution in [3.63, 3.8) is 0 Å². The summed E-state index contributed by atoms with van der Waals surface area (Å²) in [5.74, 6) is 1.25. The van der Waals surface area contributed by atoms with E-state index >= 15 is 0 Å². The first kappa shape index (κ1) is 13.2.